The Bertz CT molecular complexity index is 299. The Morgan fingerprint density at radius 1 is 1.23 bits per heavy atom. The maximum Gasteiger partial charge on any atom is 0.150 e. The Kier molecular flexibility index (Phi) is 2.62. The molecule has 0 aliphatic rings. The van der Waals surface area contributed by atoms with E-state index in [1.165, 1.54) is 5.56 Å². The van der Waals surface area contributed by atoms with Crippen LogP contribution in [-0.2, 0) is 5.41 Å². The number of rotatable bonds is 1. The average molecular weight is 179 g/mol. The Hall–Kier alpha value is -1.02. The molecule has 0 saturated heterocycles. The highest BCUT2D eigenvalue weighted by molar-refractivity contribution is 5.40. The monoisotopic (exact) mass is 179 g/mol. The molecule has 0 heterocycles. The van der Waals surface area contributed by atoms with Crippen LogP contribution in [-0.4, -0.2) is 0 Å². The first-order valence-electron chi connectivity index (χ1n) is 4.43. The molecule has 0 unspecified atom stereocenters. The average Bonchev–Trinajstić information content (AvgIpc) is 2.03. The summed E-state index contributed by atoms with van der Waals surface area (Å²) in [6.07, 6.45) is 0. The molecule has 0 spiro atoms. The largest absolute Gasteiger partial charge is 0.411 e. The molecule has 1 aromatic rings. The van der Waals surface area contributed by atoms with Crippen molar-refractivity contribution < 1.29 is 4.84 Å². The van der Waals surface area contributed by atoms with Crippen LogP contribution in [0.15, 0.2) is 18.2 Å². The van der Waals surface area contributed by atoms with Gasteiger partial charge in [-0.05, 0) is 18.4 Å². The Morgan fingerprint density at radius 3 is 2.31 bits per heavy atom. The fraction of sp³-hybridized carbons (Fsp3) is 0.455. The van der Waals surface area contributed by atoms with E-state index in [1.807, 2.05) is 12.1 Å². The van der Waals surface area contributed by atoms with Gasteiger partial charge in [0.15, 0.2) is 5.75 Å². The molecule has 0 aliphatic heterocycles. The highest BCUT2D eigenvalue weighted by atomic mass is 16.6. The van der Waals surface area contributed by atoms with Gasteiger partial charge in [-0.25, -0.2) is 0 Å². The molecule has 0 aromatic heterocycles. The van der Waals surface area contributed by atoms with Crippen LogP contribution in [0.4, 0.5) is 0 Å². The minimum atomic E-state index is 0.0702. The molecule has 1 aromatic carbocycles. The van der Waals surface area contributed by atoms with Crippen LogP contribution in [0.2, 0.25) is 0 Å². The minimum Gasteiger partial charge on any atom is -0.411 e. The molecule has 1 rings (SSSR count). The van der Waals surface area contributed by atoms with Crippen molar-refractivity contribution in [1.29, 1.82) is 0 Å². The third-order valence-electron chi connectivity index (χ3n) is 2.07. The molecular formula is C11H17NO. The van der Waals surface area contributed by atoms with E-state index in [1.54, 1.807) is 0 Å². The molecule has 0 fully saturated rings. The molecule has 72 valence electrons. The van der Waals surface area contributed by atoms with Crippen molar-refractivity contribution in [3.63, 3.8) is 0 Å². The van der Waals surface area contributed by atoms with Gasteiger partial charge in [0, 0.05) is 5.56 Å². The van der Waals surface area contributed by atoms with Crippen molar-refractivity contribution in [2.75, 3.05) is 0 Å². The third-order valence-corrected chi connectivity index (χ3v) is 2.07. The summed E-state index contributed by atoms with van der Waals surface area (Å²) in [7, 11) is 0. The second-order valence-corrected chi connectivity index (χ2v) is 4.37. The number of hydrogen-bond acceptors (Lipinski definition) is 2. The second kappa shape index (κ2) is 3.38. The van der Waals surface area contributed by atoms with E-state index in [4.69, 9.17) is 10.7 Å². The van der Waals surface area contributed by atoms with Gasteiger partial charge in [-0.1, -0.05) is 38.5 Å². The Morgan fingerprint density at radius 2 is 1.85 bits per heavy atom. The summed E-state index contributed by atoms with van der Waals surface area (Å²) in [5, 5.41) is 0. The molecule has 0 atom stereocenters. The summed E-state index contributed by atoms with van der Waals surface area (Å²) >= 11 is 0. The van der Waals surface area contributed by atoms with E-state index >= 15 is 0 Å². The molecular weight excluding hydrogens is 162 g/mol. The van der Waals surface area contributed by atoms with Gasteiger partial charge in [-0.15, -0.1) is 0 Å². The first-order chi connectivity index (χ1) is 5.95. The highest BCUT2D eigenvalue weighted by Crippen LogP contribution is 2.31. The van der Waals surface area contributed by atoms with Gasteiger partial charge in [0.25, 0.3) is 0 Å². The van der Waals surface area contributed by atoms with E-state index in [0.717, 1.165) is 11.3 Å². The normalized spacial score (nSPS) is 11.5. The lowest BCUT2D eigenvalue weighted by molar-refractivity contribution is 0.324. The summed E-state index contributed by atoms with van der Waals surface area (Å²) in [6, 6.07) is 6.02. The number of hydrogen-bond donors (Lipinski definition) is 1. The molecule has 0 radical (unpaired) electrons. The van der Waals surface area contributed by atoms with Gasteiger partial charge in [0.05, 0.1) is 0 Å². The topological polar surface area (TPSA) is 35.2 Å². The van der Waals surface area contributed by atoms with Crippen LogP contribution in [0.1, 0.15) is 31.9 Å². The maximum atomic E-state index is 5.20. The zero-order valence-electron chi connectivity index (χ0n) is 8.72. The van der Waals surface area contributed by atoms with Crippen molar-refractivity contribution in [2.45, 2.75) is 33.1 Å². The maximum absolute atomic E-state index is 5.20. The number of nitrogens with two attached hydrogens (primary N) is 1. The van der Waals surface area contributed by atoms with Crippen LogP contribution in [0.5, 0.6) is 5.75 Å². The van der Waals surface area contributed by atoms with Crippen LogP contribution >= 0.6 is 0 Å². The molecule has 0 aliphatic carbocycles. The van der Waals surface area contributed by atoms with Crippen LogP contribution in [0.3, 0.4) is 0 Å². The van der Waals surface area contributed by atoms with Gasteiger partial charge in [-0.3, -0.25) is 0 Å². The lowest BCUT2D eigenvalue weighted by Gasteiger charge is -2.21. The van der Waals surface area contributed by atoms with Crippen LogP contribution in [0, 0.1) is 6.92 Å². The quantitative estimate of drug-likeness (QED) is 0.672. The first kappa shape index (κ1) is 10.1. The molecule has 0 bridgehead atoms. The van der Waals surface area contributed by atoms with Gasteiger partial charge in [0.2, 0.25) is 0 Å². The van der Waals surface area contributed by atoms with E-state index in [9.17, 15) is 0 Å². The van der Waals surface area contributed by atoms with E-state index < -0.39 is 0 Å². The lowest BCUT2D eigenvalue weighted by Crippen LogP contribution is -2.15. The molecule has 2 nitrogen and oxygen atoms in total. The smallest absolute Gasteiger partial charge is 0.150 e. The summed E-state index contributed by atoms with van der Waals surface area (Å²) in [4.78, 5) is 4.83. The minimum absolute atomic E-state index is 0.0702. The van der Waals surface area contributed by atoms with Gasteiger partial charge in [0.1, 0.15) is 0 Å². The second-order valence-electron chi connectivity index (χ2n) is 4.37. The summed E-state index contributed by atoms with van der Waals surface area (Å²) in [6.45, 7) is 8.49. The van der Waals surface area contributed by atoms with Crippen molar-refractivity contribution >= 4 is 0 Å². The predicted molar refractivity (Wildman–Crippen MR) is 54.7 cm³/mol. The fourth-order valence-electron chi connectivity index (χ4n) is 1.33. The van der Waals surface area contributed by atoms with Crippen molar-refractivity contribution in [2.24, 2.45) is 5.90 Å². The molecule has 0 saturated carbocycles. The summed E-state index contributed by atoms with van der Waals surface area (Å²) in [5.41, 5.74) is 2.45. The van der Waals surface area contributed by atoms with Gasteiger partial charge < -0.3 is 4.84 Å². The first-order valence-corrected chi connectivity index (χ1v) is 4.43. The highest BCUT2D eigenvalue weighted by Gasteiger charge is 2.18. The van der Waals surface area contributed by atoms with Crippen LogP contribution < -0.4 is 10.7 Å². The Balaban J connectivity index is 3.24. The number of aryl methyl sites for hydroxylation is 1. The molecule has 2 N–H and O–H groups in total. The van der Waals surface area contributed by atoms with Crippen molar-refractivity contribution in [1.82, 2.24) is 0 Å². The van der Waals surface area contributed by atoms with E-state index in [0.29, 0.717) is 0 Å². The Labute approximate surface area is 79.7 Å². The fourth-order valence-corrected chi connectivity index (χ4v) is 1.33. The SMILES string of the molecule is Cc1ccc(ON)c(C(C)(C)C)c1. The van der Waals surface area contributed by atoms with E-state index in [2.05, 4.69) is 33.8 Å². The van der Waals surface area contributed by atoms with E-state index in [-0.39, 0.29) is 5.41 Å². The zero-order chi connectivity index (χ0) is 10.1. The van der Waals surface area contributed by atoms with Gasteiger partial charge >= 0.3 is 0 Å². The zero-order valence-corrected chi connectivity index (χ0v) is 8.72. The lowest BCUT2D eigenvalue weighted by atomic mass is 9.85. The molecule has 0 amide bonds. The standard InChI is InChI=1S/C11H17NO/c1-8-5-6-10(13-12)9(7-8)11(2,3)4/h5-7H,12H2,1-4H3. The third kappa shape index (κ3) is 2.22. The van der Waals surface area contributed by atoms with Gasteiger partial charge in [-0.2, -0.15) is 5.90 Å². The summed E-state index contributed by atoms with van der Waals surface area (Å²) < 4.78 is 0. The summed E-state index contributed by atoms with van der Waals surface area (Å²) in [5.74, 6) is 5.96. The molecule has 2 heteroatoms. The van der Waals surface area contributed by atoms with Crippen molar-refractivity contribution in [3.8, 4) is 5.75 Å². The number of benzene rings is 1. The molecule has 13 heavy (non-hydrogen) atoms. The van der Waals surface area contributed by atoms with Crippen LogP contribution in [0.25, 0.3) is 0 Å². The van der Waals surface area contributed by atoms with Crippen molar-refractivity contribution in [3.05, 3.63) is 29.3 Å². The predicted octanol–water partition coefficient (Wildman–Crippen LogP) is 2.55.